The SMILES string of the molecule is CCC(F)COC1CCCCO1.Fc1cc2ccc1CO2. The molecule has 2 bridgehead atoms. The van der Waals surface area contributed by atoms with Crippen LogP contribution in [0.4, 0.5) is 8.78 Å². The lowest BCUT2D eigenvalue weighted by Crippen LogP contribution is -2.25. The molecule has 0 N–H and O–H groups in total. The Balaban J connectivity index is 0.000000159. The molecule has 0 amide bonds. The first-order valence-electron chi connectivity index (χ1n) is 7.47. The second-order valence-electron chi connectivity index (χ2n) is 5.18. The third kappa shape index (κ3) is 5.25. The van der Waals surface area contributed by atoms with Gasteiger partial charge in [-0.3, -0.25) is 0 Å². The molecule has 0 saturated carbocycles. The third-order valence-corrected chi connectivity index (χ3v) is 3.46. The van der Waals surface area contributed by atoms with Gasteiger partial charge in [-0.05, 0) is 37.8 Å². The van der Waals surface area contributed by atoms with E-state index in [0.29, 0.717) is 24.3 Å². The molecule has 3 nitrogen and oxygen atoms in total. The molecule has 4 rings (SSSR count). The van der Waals surface area contributed by atoms with Gasteiger partial charge in [0.05, 0.1) is 6.61 Å². The smallest absolute Gasteiger partial charge is 0.157 e. The largest absolute Gasteiger partial charge is 0.489 e. The molecule has 1 saturated heterocycles. The predicted molar refractivity (Wildman–Crippen MR) is 75.5 cm³/mol. The normalized spacial score (nSPS) is 21.2. The zero-order valence-electron chi connectivity index (χ0n) is 12.3. The summed E-state index contributed by atoms with van der Waals surface area (Å²) < 4.78 is 40.8. The van der Waals surface area contributed by atoms with Crippen molar-refractivity contribution >= 4 is 0 Å². The Kier molecular flexibility index (Phi) is 6.39. The molecule has 2 atom stereocenters. The molecule has 1 fully saturated rings. The summed E-state index contributed by atoms with van der Waals surface area (Å²) in [5.41, 5.74) is 0.644. The van der Waals surface area contributed by atoms with Crippen LogP contribution < -0.4 is 4.74 Å². The lowest BCUT2D eigenvalue weighted by molar-refractivity contribution is -0.170. The highest BCUT2D eigenvalue weighted by Gasteiger charge is 2.15. The molecule has 0 aliphatic carbocycles. The zero-order valence-corrected chi connectivity index (χ0v) is 12.3. The quantitative estimate of drug-likeness (QED) is 0.841. The Morgan fingerprint density at radius 1 is 1.38 bits per heavy atom. The first kappa shape index (κ1) is 16.2. The number of hydrogen-bond acceptors (Lipinski definition) is 3. The Bertz CT molecular complexity index is 434. The first-order valence-corrected chi connectivity index (χ1v) is 7.47. The number of rotatable bonds is 4. The number of ether oxygens (including phenoxy) is 3. The van der Waals surface area contributed by atoms with Gasteiger partial charge >= 0.3 is 0 Å². The number of hydrogen-bond donors (Lipinski definition) is 0. The van der Waals surface area contributed by atoms with Crippen molar-refractivity contribution < 1.29 is 23.0 Å². The summed E-state index contributed by atoms with van der Waals surface area (Å²) in [6.07, 6.45) is 2.68. The van der Waals surface area contributed by atoms with Crippen LogP contribution in [0.15, 0.2) is 18.2 Å². The standard InChI is InChI=1S/C9H17FO2.C7H5FO/c1-2-8(10)7-12-9-5-3-4-6-11-9;8-7-3-6-2-1-5(7)4-9-6/h8-9H,2-7H2,1H3;1-3H,4H2. The van der Waals surface area contributed by atoms with Gasteiger partial charge in [0.2, 0.25) is 0 Å². The molecule has 21 heavy (non-hydrogen) atoms. The van der Waals surface area contributed by atoms with E-state index in [9.17, 15) is 8.78 Å². The number of alkyl halides is 1. The van der Waals surface area contributed by atoms with E-state index >= 15 is 0 Å². The molecule has 3 aliphatic rings. The average Bonchev–Trinajstić information content (AvgIpc) is 2.55. The average molecular weight is 300 g/mol. The van der Waals surface area contributed by atoms with E-state index in [-0.39, 0.29) is 18.7 Å². The molecule has 0 aromatic heterocycles. The molecule has 3 aliphatic heterocycles. The summed E-state index contributed by atoms with van der Waals surface area (Å²) in [5, 5.41) is 0. The van der Waals surface area contributed by atoms with E-state index in [4.69, 9.17) is 14.2 Å². The van der Waals surface area contributed by atoms with Crippen LogP contribution in [0.2, 0.25) is 0 Å². The van der Waals surface area contributed by atoms with E-state index in [0.717, 1.165) is 25.9 Å². The van der Waals surface area contributed by atoms with Crippen molar-refractivity contribution in [2.45, 2.75) is 51.7 Å². The van der Waals surface area contributed by atoms with Gasteiger partial charge in [-0.1, -0.05) is 6.92 Å². The van der Waals surface area contributed by atoms with E-state index in [1.54, 1.807) is 12.1 Å². The zero-order chi connectivity index (χ0) is 15.1. The maximum atomic E-state index is 12.7. The molecule has 0 spiro atoms. The fraction of sp³-hybridized carbons (Fsp3) is 0.625. The maximum absolute atomic E-state index is 12.7. The molecule has 5 heteroatoms. The highest BCUT2D eigenvalue weighted by atomic mass is 19.1. The molecular weight excluding hydrogens is 278 g/mol. The summed E-state index contributed by atoms with van der Waals surface area (Å²) in [7, 11) is 0. The van der Waals surface area contributed by atoms with E-state index in [1.165, 1.54) is 6.07 Å². The second-order valence-corrected chi connectivity index (χ2v) is 5.18. The van der Waals surface area contributed by atoms with Crippen LogP contribution in [0.1, 0.15) is 38.2 Å². The van der Waals surface area contributed by atoms with E-state index < -0.39 is 6.17 Å². The molecule has 118 valence electrons. The molecular formula is C16H22F2O3. The lowest BCUT2D eigenvalue weighted by Gasteiger charge is -2.23. The lowest BCUT2D eigenvalue weighted by atomic mass is 10.2. The van der Waals surface area contributed by atoms with Crippen LogP contribution in [0.5, 0.6) is 5.75 Å². The van der Waals surface area contributed by atoms with Crippen molar-refractivity contribution in [2.75, 3.05) is 13.2 Å². The van der Waals surface area contributed by atoms with Crippen LogP contribution in [0, 0.1) is 5.82 Å². The van der Waals surface area contributed by atoms with Gasteiger partial charge in [-0.2, -0.15) is 0 Å². The fourth-order valence-electron chi connectivity index (χ4n) is 2.07. The number of benzene rings is 1. The van der Waals surface area contributed by atoms with Crippen molar-refractivity contribution in [2.24, 2.45) is 0 Å². The topological polar surface area (TPSA) is 27.7 Å². The monoisotopic (exact) mass is 300 g/mol. The molecule has 1 aromatic carbocycles. The summed E-state index contributed by atoms with van der Waals surface area (Å²) in [6.45, 7) is 3.15. The summed E-state index contributed by atoms with van der Waals surface area (Å²) in [4.78, 5) is 0. The van der Waals surface area contributed by atoms with Gasteiger partial charge in [0.1, 0.15) is 24.3 Å². The summed E-state index contributed by atoms with van der Waals surface area (Å²) in [5.74, 6) is 0.473. The van der Waals surface area contributed by atoms with Gasteiger partial charge in [0, 0.05) is 18.2 Å². The van der Waals surface area contributed by atoms with E-state index in [1.807, 2.05) is 6.92 Å². The van der Waals surface area contributed by atoms with Crippen molar-refractivity contribution in [1.82, 2.24) is 0 Å². The highest BCUT2D eigenvalue weighted by Crippen LogP contribution is 2.23. The highest BCUT2D eigenvalue weighted by molar-refractivity contribution is 5.32. The van der Waals surface area contributed by atoms with Crippen molar-refractivity contribution in [3.05, 3.63) is 29.6 Å². The van der Waals surface area contributed by atoms with Crippen LogP contribution >= 0.6 is 0 Å². The Morgan fingerprint density at radius 2 is 2.24 bits per heavy atom. The molecule has 2 unspecified atom stereocenters. The Hall–Kier alpha value is -1.20. The molecule has 3 heterocycles. The Morgan fingerprint density at radius 3 is 2.67 bits per heavy atom. The first-order chi connectivity index (χ1) is 10.2. The van der Waals surface area contributed by atoms with Crippen LogP contribution in [-0.4, -0.2) is 25.7 Å². The minimum atomic E-state index is -0.837. The van der Waals surface area contributed by atoms with E-state index in [2.05, 4.69) is 0 Å². The Labute approximate surface area is 124 Å². The summed E-state index contributed by atoms with van der Waals surface area (Å²) >= 11 is 0. The van der Waals surface area contributed by atoms with Gasteiger partial charge in [0.25, 0.3) is 0 Å². The fourth-order valence-corrected chi connectivity index (χ4v) is 2.07. The van der Waals surface area contributed by atoms with Gasteiger partial charge < -0.3 is 14.2 Å². The van der Waals surface area contributed by atoms with Crippen molar-refractivity contribution in [1.29, 1.82) is 0 Å². The van der Waals surface area contributed by atoms with Crippen LogP contribution in [0.3, 0.4) is 0 Å². The predicted octanol–water partition coefficient (Wildman–Crippen LogP) is 4.00. The van der Waals surface area contributed by atoms with Gasteiger partial charge in [-0.25, -0.2) is 8.78 Å². The molecule has 1 aromatic rings. The van der Waals surface area contributed by atoms with Crippen molar-refractivity contribution in [3.8, 4) is 5.75 Å². The summed E-state index contributed by atoms with van der Waals surface area (Å²) in [6, 6.07) is 4.91. The number of halogens is 2. The van der Waals surface area contributed by atoms with Crippen LogP contribution in [-0.2, 0) is 16.1 Å². The second kappa shape index (κ2) is 8.29. The van der Waals surface area contributed by atoms with Gasteiger partial charge in [0.15, 0.2) is 6.29 Å². The number of fused-ring (bicyclic) bond motifs is 3. The van der Waals surface area contributed by atoms with Crippen LogP contribution in [0.25, 0.3) is 0 Å². The third-order valence-electron chi connectivity index (χ3n) is 3.46. The maximum Gasteiger partial charge on any atom is 0.157 e. The minimum Gasteiger partial charge on any atom is -0.489 e. The van der Waals surface area contributed by atoms with Crippen molar-refractivity contribution in [3.63, 3.8) is 0 Å². The minimum absolute atomic E-state index is 0.149. The molecule has 0 radical (unpaired) electrons. The van der Waals surface area contributed by atoms with Gasteiger partial charge in [-0.15, -0.1) is 0 Å².